The molecule has 0 fully saturated rings. The molecule has 3 rings (SSSR count). The van der Waals surface area contributed by atoms with Gasteiger partial charge in [0.05, 0.1) is 0 Å². The summed E-state index contributed by atoms with van der Waals surface area (Å²) < 4.78 is 6.07. The molecule has 0 N–H and O–H groups in total. The summed E-state index contributed by atoms with van der Waals surface area (Å²) >= 11 is 0. The van der Waals surface area contributed by atoms with E-state index in [-0.39, 0.29) is 0 Å². The Morgan fingerprint density at radius 2 is 1.44 bits per heavy atom. The number of hydrogen-bond donors (Lipinski definition) is 0. The van der Waals surface area contributed by atoms with Crippen molar-refractivity contribution < 1.29 is 4.74 Å². The molecule has 0 aliphatic rings. The Hall–Kier alpha value is -2.54. The monoisotopic (exact) mass is 358 g/mol. The van der Waals surface area contributed by atoms with Crippen molar-refractivity contribution in [1.29, 1.82) is 0 Å². The van der Waals surface area contributed by atoms with Crippen molar-refractivity contribution in [3.05, 3.63) is 95.6 Å². The van der Waals surface area contributed by atoms with Gasteiger partial charge in [-0.15, -0.1) is 0 Å². The molecule has 0 aliphatic heterocycles. The van der Waals surface area contributed by atoms with Crippen molar-refractivity contribution in [1.82, 2.24) is 0 Å². The molecule has 3 aromatic rings. The van der Waals surface area contributed by atoms with Crippen LogP contribution in [0.2, 0.25) is 0 Å². The van der Waals surface area contributed by atoms with Crippen molar-refractivity contribution in [2.75, 3.05) is 0 Å². The fourth-order valence-electron chi connectivity index (χ4n) is 3.27. The highest BCUT2D eigenvalue weighted by Crippen LogP contribution is 2.24. The van der Waals surface area contributed by atoms with Gasteiger partial charge in [-0.05, 0) is 66.1 Å². The molecule has 1 heteroatoms. The average Bonchev–Trinajstić information content (AvgIpc) is 2.70. The van der Waals surface area contributed by atoms with Crippen LogP contribution < -0.4 is 4.74 Å². The van der Waals surface area contributed by atoms with Crippen LogP contribution in [0.4, 0.5) is 0 Å². The molecular weight excluding hydrogens is 328 g/mol. The molecule has 0 spiro atoms. The van der Waals surface area contributed by atoms with E-state index in [4.69, 9.17) is 4.74 Å². The third-order valence-electron chi connectivity index (χ3n) is 5.17. The van der Waals surface area contributed by atoms with Crippen molar-refractivity contribution in [3.63, 3.8) is 0 Å². The van der Waals surface area contributed by atoms with Gasteiger partial charge in [-0.1, -0.05) is 81.3 Å². The van der Waals surface area contributed by atoms with Crippen LogP contribution in [0.15, 0.2) is 78.9 Å². The number of hydrogen-bond acceptors (Lipinski definition) is 1. The average molecular weight is 359 g/mol. The van der Waals surface area contributed by atoms with Crippen molar-refractivity contribution in [3.8, 4) is 11.5 Å². The highest BCUT2D eigenvalue weighted by molar-refractivity contribution is 5.36. The van der Waals surface area contributed by atoms with Crippen LogP contribution in [0, 0.1) is 5.92 Å². The molecule has 0 bridgehead atoms. The van der Waals surface area contributed by atoms with Crippen LogP contribution in [0.1, 0.15) is 49.8 Å². The zero-order valence-corrected chi connectivity index (χ0v) is 16.5. The number of ether oxygens (including phenoxy) is 1. The molecule has 1 unspecified atom stereocenters. The molecule has 1 atom stereocenters. The normalized spacial score (nSPS) is 11.9. The Balaban J connectivity index is 1.56. The molecule has 0 aromatic heterocycles. The fourth-order valence-corrected chi connectivity index (χ4v) is 3.27. The molecule has 0 aliphatic carbocycles. The van der Waals surface area contributed by atoms with E-state index in [1.165, 1.54) is 36.0 Å². The van der Waals surface area contributed by atoms with E-state index in [9.17, 15) is 0 Å². The van der Waals surface area contributed by atoms with Gasteiger partial charge in [-0.2, -0.15) is 0 Å². The van der Waals surface area contributed by atoms with Crippen LogP contribution >= 0.6 is 0 Å². The number of benzene rings is 3. The van der Waals surface area contributed by atoms with E-state index in [2.05, 4.69) is 86.6 Å². The first-order valence-corrected chi connectivity index (χ1v) is 10.1. The van der Waals surface area contributed by atoms with Gasteiger partial charge in [0.15, 0.2) is 0 Å². The standard InChI is InChI=1S/C26H30O/c1-3-21(2)9-7-12-23-13-8-14-26(20-23)27-25-17-15-24(16-18-25)19-22-10-5-4-6-11-22/h4-6,8,10-11,13-18,20-21H,3,7,9,12,19H2,1-2H3. The first kappa shape index (κ1) is 19.2. The largest absolute Gasteiger partial charge is 0.457 e. The quantitative estimate of drug-likeness (QED) is 0.386. The van der Waals surface area contributed by atoms with Crippen molar-refractivity contribution in [2.24, 2.45) is 5.92 Å². The van der Waals surface area contributed by atoms with Gasteiger partial charge in [0, 0.05) is 0 Å². The maximum absolute atomic E-state index is 6.07. The van der Waals surface area contributed by atoms with Crippen LogP contribution in [0.5, 0.6) is 11.5 Å². The second kappa shape index (κ2) is 9.97. The van der Waals surface area contributed by atoms with Crippen LogP contribution in [-0.4, -0.2) is 0 Å². The first-order valence-electron chi connectivity index (χ1n) is 10.1. The highest BCUT2D eigenvalue weighted by Gasteiger charge is 2.03. The van der Waals surface area contributed by atoms with Crippen LogP contribution in [0.25, 0.3) is 0 Å². The molecule has 0 saturated carbocycles. The predicted octanol–water partition coefficient (Wildman–Crippen LogP) is 7.44. The summed E-state index contributed by atoms with van der Waals surface area (Å²) in [6.07, 6.45) is 5.88. The lowest BCUT2D eigenvalue weighted by molar-refractivity contribution is 0.479. The summed E-state index contributed by atoms with van der Waals surface area (Å²) in [5.74, 6) is 2.63. The van der Waals surface area contributed by atoms with E-state index in [0.29, 0.717) is 0 Å². The Morgan fingerprint density at radius 3 is 2.19 bits per heavy atom. The maximum Gasteiger partial charge on any atom is 0.127 e. The third kappa shape index (κ3) is 6.29. The molecule has 1 nitrogen and oxygen atoms in total. The molecule has 0 saturated heterocycles. The van der Waals surface area contributed by atoms with Gasteiger partial charge < -0.3 is 4.74 Å². The minimum atomic E-state index is 0.818. The molecular formula is C26H30O. The van der Waals surface area contributed by atoms with Crippen molar-refractivity contribution >= 4 is 0 Å². The minimum Gasteiger partial charge on any atom is -0.457 e. The molecule has 140 valence electrons. The van der Waals surface area contributed by atoms with E-state index >= 15 is 0 Å². The minimum absolute atomic E-state index is 0.818. The van der Waals surface area contributed by atoms with E-state index in [1.54, 1.807) is 0 Å². The Bertz CT molecular complexity index is 805. The highest BCUT2D eigenvalue weighted by atomic mass is 16.5. The zero-order chi connectivity index (χ0) is 18.9. The smallest absolute Gasteiger partial charge is 0.127 e. The Labute approximate surface area is 164 Å². The van der Waals surface area contributed by atoms with Gasteiger partial charge in [-0.3, -0.25) is 0 Å². The van der Waals surface area contributed by atoms with Gasteiger partial charge in [-0.25, -0.2) is 0 Å². The Kier molecular flexibility index (Phi) is 7.10. The fraction of sp³-hybridized carbons (Fsp3) is 0.308. The van der Waals surface area contributed by atoms with Gasteiger partial charge in [0.1, 0.15) is 11.5 Å². The van der Waals surface area contributed by atoms with E-state index in [0.717, 1.165) is 30.3 Å². The van der Waals surface area contributed by atoms with Gasteiger partial charge >= 0.3 is 0 Å². The molecule has 0 amide bonds. The summed E-state index contributed by atoms with van der Waals surface area (Å²) in [6.45, 7) is 4.60. The lowest BCUT2D eigenvalue weighted by atomic mass is 9.99. The summed E-state index contributed by atoms with van der Waals surface area (Å²) in [5, 5.41) is 0. The van der Waals surface area contributed by atoms with Crippen molar-refractivity contribution in [2.45, 2.75) is 46.0 Å². The molecule has 27 heavy (non-hydrogen) atoms. The molecule has 0 heterocycles. The number of rotatable bonds is 9. The van der Waals surface area contributed by atoms with Crippen LogP contribution in [-0.2, 0) is 12.8 Å². The summed E-state index contributed by atoms with van der Waals surface area (Å²) in [7, 11) is 0. The topological polar surface area (TPSA) is 9.23 Å². The Morgan fingerprint density at radius 1 is 0.741 bits per heavy atom. The van der Waals surface area contributed by atoms with Crippen LogP contribution in [0.3, 0.4) is 0 Å². The summed E-state index contributed by atoms with van der Waals surface area (Å²) in [4.78, 5) is 0. The maximum atomic E-state index is 6.07. The zero-order valence-electron chi connectivity index (χ0n) is 16.5. The lowest BCUT2D eigenvalue weighted by Gasteiger charge is -2.10. The van der Waals surface area contributed by atoms with E-state index in [1.807, 2.05) is 6.07 Å². The number of aryl methyl sites for hydroxylation is 1. The second-order valence-corrected chi connectivity index (χ2v) is 7.46. The predicted molar refractivity (Wildman–Crippen MR) is 115 cm³/mol. The SMILES string of the molecule is CCC(C)CCCc1cccc(Oc2ccc(Cc3ccccc3)cc2)c1. The molecule has 3 aromatic carbocycles. The van der Waals surface area contributed by atoms with Gasteiger partial charge in [0.2, 0.25) is 0 Å². The summed E-state index contributed by atoms with van der Waals surface area (Å²) in [5.41, 5.74) is 3.99. The van der Waals surface area contributed by atoms with Gasteiger partial charge in [0.25, 0.3) is 0 Å². The summed E-state index contributed by atoms with van der Waals surface area (Å²) in [6, 6.07) is 27.5. The first-order chi connectivity index (χ1) is 13.2. The lowest BCUT2D eigenvalue weighted by Crippen LogP contribution is -1.94. The molecule has 0 radical (unpaired) electrons. The second-order valence-electron chi connectivity index (χ2n) is 7.46. The third-order valence-corrected chi connectivity index (χ3v) is 5.17. The van der Waals surface area contributed by atoms with E-state index < -0.39 is 0 Å².